The predicted molar refractivity (Wildman–Crippen MR) is 131 cm³/mol. The number of benzene rings is 1. The number of nitrogens with zero attached hydrogens (tertiary/aromatic N) is 3. The van der Waals surface area contributed by atoms with Crippen molar-refractivity contribution in [2.45, 2.75) is 30.8 Å². The third kappa shape index (κ3) is 5.09. The molecule has 4 atom stereocenters. The number of epoxide rings is 1. The second kappa shape index (κ2) is 9.79. The van der Waals surface area contributed by atoms with Gasteiger partial charge in [0.1, 0.15) is 11.9 Å². The lowest BCUT2D eigenvalue weighted by Gasteiger charge is -2.21. The number of amides is 2. The Morgan fingerprint density at radius 1 is 1.29 bits per heavy atom. The Balaban J connectivity index is 1.25. The Morgan fingerprint density at radius 3 is 2.89 bits per heavy atom. The lowest BCUT2D eigenvalue weighted by Crippen LogP contribution is -2.40. The quantitative estimate of drug-likeness (QED) is 0.453. The maximum Gasteiger partial charge on any atom is 0.261 e. The van der Waals surface area contributed by atoms with Crippen molar-refractivity contribution in [3.8, 4) is 6.07 Å². The number of nitrogens with one attached hydrogen (secondary N) is 2. The Labute approximate surface area is 210 Å². The van der Waals surface area contributed by atoms with E-state index in [1.54, 1.807) is 23.1 Å². The Hall–Kier alpha value is -3.23. The number of rotatable bonds is 6. The number of carbonyl (C=O) groups is 2. The summed E-state index contributed by atoms with van der Waals surface area (Å²) in [6.07, 6.45) is 7.60. The number of ether oxygens (including phenoxy) is 1. The fraction of sp³-hybridized carbons (Fsp3) is 0.292. The number of anilines is 2. The molecule has 2 aromatic rings. The summed E-state index contributed by atoms with van der Waals surface area (Å²) in [6.45, 7) is 0.338. The fourth-order valence-corrected chi connectivity index (χ4v) is 5.28. The van der Waals surface area contributed by atoms with Crippen LogP contribution in [-0.2, 0) is 9.53 Å². The highest BCUT2D eigenvalue weighted by Crippen LogP contribution is 2.35. The molecule has 35 heavy (non-hydrogen) atoms. The van der Waals surface area contributed by atoms with Gasteiger partial charge < -0.3 is 20.3 Å². The maximum atomic E-state index is 14.9. The van der Waals surface area contributed by atoms with E-state index in [0.717, 1.165) is 11.3 Å². The standard InChI is InChI=1S/C24H21ClFN5O3S/c25-21-7-6-20(35-21)23(33)28-14-11-18(30(13-14)10-8-27)22(32)29-17-5-4-15(12-16(17)26)31-9-2-1-3-19-24(31)34-19/h1-7,9,12,14,18-19,24H,10-11,13H2,(H,28,33)(H,29,32)/t14-,18-,19?,24?/m0/s1. The van der Waals surface area contributed by atoms with Crippen LogP contribution in [0, 0.1) is 17.1 Å². The van der Waals surface area contributed by atoms with Crippen LogP contribution in [0.2, 0.25) is 4.34 Å². The van der Waals surface area contributed by atoms with Gasteiger partial charge in [0, 0.05) is 24.5 Å². The molecule has 0 radical (unpaired) electrons. The van der Waals surface area contributed by atoms with E-state index in [1.807, 2.05) is 29.3 Å². The van der Waals surface area contributed by atoms with Gasteiger partial charge in [-0.2, -0.15) is 5.26 Å². The van der Waals surface area contributed by atoms with Crippen molar-refractivity contribution in [1.82, 2.24) is 10.2 Å². The molecule has 2 unspecified atom stereocenters. The van der Waals surface area contributed by atoms with E-state index in [-0.39, 0.29) is 36.5 Å². The van der Waals surface area contributed by atoms with E-state index in [2.05, 4.69) is 16.7 Å². The molecule has 2 amide bonds. The molecular weight excluding hydrogens is 493 g/mol. The molecular formula is C24H21ClFN5O3S. The van der Waals surface area contributed by atoms with Crippen LogP contribution < -0.4 is 15.5 Å². The van der Waals surface area contributed by atoms with Crippen LogP contribution in [0.3, 0.4) is 0 Å². The van der Waals surface area contributed by atoms with Crippen LogP contribution in [-0.4, -0.2) is 54.2 Å². The smallest absolute Gasteiger partial charge is 0.261 e. The molecule has 8 nitrogen and oxygen atoms in total. The minimum atomic E-state index is -0.689. The summed E-state index contributed by atoms with van der Waals surface area (Å²) in [5, 5.41) is 14.7. The van der Waals surface area contributed by atoms with Crippen molar-refractivity contribution < 1.29 is 18.7 Å². The van der Waals surface area contributed by atoms with E-state index >= 15 is 0 Å². The molecule has 1 aromatic heterocycles. The molecule has 11 heteroatoms. The minimum absolute atomic E-state index is 0.00852. The Bertz CT molecular complexity index is 1260. The molecule has 5 rings (SSSR count). The number of likely N-dealkylation sites (tertiary alicyclic amines) is 1. The molecule has 4 heterocycles. The summed E-state index contributed by atoms with van der Waals surface area (Å²) >= 11 is 7.07. The SMILES string of the molecule is N#CCN1C[C@@H](NC(=O)c2ccc(Cl)s2)C[C@H]1C(=O)Nc1ccc(N2C=CC=CC3OC32)cc1F. The maximum absolute atomic E-state index is 14.9. The summed E-state index contributed by atoms with van der Waals surface area (Å²) < 4.78 is 21.0. The van der Waals surface area contributed by atoms with Crippen molar-refractivity contribution in [3.63, 3.8) is 0 Å². The summed E-state index contributed by atoms with van der Waals surface area (Å²) in [5.41, 5.74) is 0.651. The van der Waals surface area contributed by atoms with Crippen molar-refractivity contribution in [1.29, 1.82) is 5.26 Å². The number of hydrogen-bond acceptors (Lipinski definition) is 7. The predicted octanol–water partition coefficient (Wildman–Crippen LogP) is 3.49. The van der Waals surface area contributed by atoms with E-state index in [9.17, 15) is 19.2 Å². The third-order valence-corrected chi connectivity index (χ3v) is 7.28. The minimum Gasteiger partial charge on any atom is -0.347 e. The average molecular weight is 514 g/mol. The zero-order chi connectivity index (χ0) is 24.5. The van der Waals surface area contributed by atoms with Crippen molar-refractivity contribution >= 4 is 46.1 Å². The lowest BCUT2D eigenvalue weighted by atomic mass is 10.1. The zero-order valence-electron chi connectivity index (χ0n) is 18.4. The van der Waals surface area contributed by atoms with Gasteiger partial charge in [0.2, 0.25) is 5.91 Å². The molecule has 2 saturated heterocycles. The first kappa shape index (κ1) is 23.5. The summed E-state index contributed by atoms with van der Waals surface area (Å²) in [6, 6.07) is 8.87. The number of carbonyl (C=O) groups excluding carboxylic acids is 2. The van der Waals surface area contributed by atoms with Gasteiger partial charge in [0.05, 0.1) is 33.6 Å². The number of allylic oxidation sites excluding steroid dienone is 2. The summed E-state index contributed by atoms with van der Waals surface area (Å²) in [5.74, 6) is -1.30. The fourth-order valence-electron chi connectivity index (χ4n) is 4.34. The van der Waals surface area contributed by atoms with Gasteiger partial charge in [-0.3, -0.25) is 14.5 Å². The summed E-state index contributed by atoms with van der Waals surface area (Å²) in [7, 11) is 0. The molecule has 0 spiro atoms. The molecule has 2 fully saturated rings. The first-order valence-corrected chi connectivity index (χ1v) is 12.2. The largest absolute Gasteiger partial charge is 0.347 e. The third-order valence-electron chi connectivity index (χ3n) is 6.05. The highest BCUT2D eigenvalue weighted by atomic mass is 35.5. The van der Waals surface area contributed by atoms with E-state index in [0.29, 0.717) is 27.9 Å². The van der Waals surface area contributed by atoms with Crippen LogP contribution in [0.4, 0.5) is 15.8 Å². The molecule has 180 valence electrons. The second-order valence-electron chi connectivity index (χ2n) is 8.39. The van der Waals surface area contributed by atoms with E-state index in [1.165, 1.54) is 12.1 Å². The zero-order valence-corrected chi connectivity index (χ0v) is 19.9. The molecule has 3 aliphatic rings. The number of nitriles is 1. The molecule has 0 aliphatic carbocycles. The summed E-state index contributed by atoms with van der Waals surface area (Å²) in [4.78, 5) is 29.5. The lowest BCUT2D eigenvalue weighted by molar-refractivity contribution is -0.120. The average Bonchev–Trinajstić information content (AvgIpc) is 3.34. The normalized spacial score (nSPS) is 25.0. The molecule has 2 N–H and O–H groups in total. The van der Waals surface area contributed by atoms with Crippen LogP contribution in [0.1, 0.15) is 16.1 Å². The molecule has 0 bridgehead atoms. The van der Waals surface area contributed by atoms with Gasteiger partial charge >= 0.3 is 0 Å². The number of thiophene rings is 1. The first-order valence-electron chi connectivity index (χ1n) is 11.0. The van der Waals surface area contributed by atoms with Crippen molar-refractivity contribution in [3.05, 3.63) is 69.8 Å². The van der Waals surface area contributed by atoms with Crippen molar-refractivity contribution in [2.24, 2.45) is 0 Å². The van der Waals surface area contributed by atoms with Gasteiger partial charge in [0.25, 0.3) is 5.91 Å². The van der Waals surface area contributed by atoms with Crippen LogP contribution in [0.15, 0.2) is 54.8 Å². The molecule has 1 aromatic carbocycles. The second-order valence-corrected chi connectivity index (χ2v) is 10.1. The van der Waals surface area contributed by atoms with Crippen LogP contribution >= 0.6 is 22.9 Å². The molecule has 3 aliphatic heterocycles. The number of fused-ring (bicyclic) bond motifs is 1. The van der Waals surface area contributed by atoms with Gasteiger partial charge in [-0.1, -0.05) is 23.8 Å². The van der Waals surface area contributed by atoms with E-state index < -0.39 is 17.8 Å². The monoisotopic (exact) mass is 513 g/mol. The molecule has 0 saturated carbocycles. The Morgan fingerprint density at radius 2 is 2.14 bits per heavy atom. The first-order chi connectivity index (χ1) is 16.9. The van der Waals surface area contributed by atoms with Gasteiger partial charge in [-0.05, 0) is 42.8 Å². The van der Waals surface area contributed by atoms with Gasteiger partial charge in [-0.25, -0.2) is 4.39 Å². The Kier molecular flexibility index (Phi) is 6.58. The van der Waals surface area contributed by atoms with Crippen LogP contribution in [0.5, 0.6) is 0 Å². The highest BCUT2D eigenvalue weighted by Gasteiger charge is 2.42. The highest BCUT2D eigenvalue weighted by molar-refractivity contribution is 7.18. The van der Waals surface area contributed by atoms with E-state index in [4.69, 9.17) is 16.3 Å². The van der Waals surface area contributed by atoms with Gasteiger partial charge in [0.15, 0.2) is 6.23 Å². The number of hydrogen-bond donors (Lipinski definition) is 2. The van der Waals surface area contributed by atoms with Crippen LogP contribution in [0.25, 0.3) is 0 Å². The van der Waals surface area contributed by atoms with Gasteiger partial charge in [-0.15, -0.1) is 11.3 Å². The van der Waals surface area contributed by atoms with Crippen molar-refractivity contribution in [2.75, 3.05) is 23.3 Å². The topological polar surface area (TPSA) is 101 Å². The number of halogens is 2.